The molecule has 0 aliphatic heterocycles. The van der Waals surface area contributed by atoms with Crippen molar-refractivity contribution in [2.24, 2.45) is 0 Å². The summed E-state index contributed by atoms with van der Waals surface area (Å²) in [6.07, 6.45) is -4.40. The van der Waals surface area contributed by atoms with Crippen molar-refractivity contribution < 1.29 is 13.2 Å². The third kappa shape index (κ3) is 1.68. The first-order valence-corrected chi connectivity index (χ1v) is 4.59. The van der Waals surface area contributed by atoms with Crippen molar-refractivity contribution in [3.05, 3.63) is 45.7 Å². The fourth-order valence-electron chi connectivity index (χ4n) is 1.67. The Kier molecular flexibility index (Phi) is 2.26. The minimum Gasteiger partial charge on any atom is -0.322 e. The normalized spacial score (nSPS) is 12.0. The highest BCUT2D eigenvalue weighted by atomic mass is 19.4. The highest BCUT2D eigenvalue weighted by Crippen LogP contribution is 2.33. The summed E-state index contributed by atoms with van der Waals surface area (Å²) in [4.78, 5) is 13.5. The van der Waals surface area contributed by atoms with Crippen LogP contribution in [0.25, 0.3) is 10.9 Å². The van der Waals surface area contributed by atoms with Crippen LogP contribution in [0.4, 0.5) is 13.2 Å². The quantitative estimate of drug-likeness (QED) is 0.737. The van der Waals surface area contributed by atoms with Gasteiger partial charge in [-0.25, -0.2) is 0 Å². The second-order valence-corrected chi connectivity index (χ2v) is 3.52. The molecule has 0 radical (unpaired) electrons. The summed E-state index contributed by atoms with van der Waals surface area (Å²) in [5.74, 6) is 0. The van der Waals surface area contributed by atoms with Gasteiger partial charge in [-0.05, 0) is 30.0 Å². The zero-order chi connectivity index (χ0) is 11.9. The van der Waals surface area contributed by atoms with Crippen LogP contribution in [0.1, 0.15) is 11.1 Å². The van der Waals surface area contributed by atoms with E-state index in [0.29, 0.717) is 5.39 Å². The van der Waals surface area contributed by atoms with Crippen molar-refractivity contribution in [3.8, 4) is 0 Å². The molecule has 0 aliphatic carbocycles. The molecule has 0 fully saturated rings. The van der Waals surface area contributed by atoms with Gasteiger partial charge in [-0.2, -0.15) is 13.2 Å². The van der Waals surface area contributed by atoms with E-state index in [1.165, 1.54) is 25.1 Å². The van der Waals surface area contributed by atoms with Gasteiger partial charge >= 0.3 is 6.18 Å². The van der Waals surface area contributed by atoms with Crippen molar-refractivity contribution in [3.63, 3.8) is 0 Å². The molecule has 84 valence electrons. The lowest BCUT2D eigenvalue weighted by atomic mass is 10.0. The fourth-order valence-corrected chi connectivity index (χ4v) is 1.67. The number of fused-ring (bicyclic) bond motifs is 1. The molecule has 1 heterocycles. The van der Waals surface area contributed by atoms with E-state index >= 15 is 0 Å². The number of pyridine rings is 1. The Morgan fingerprint density at radius 1 is 1.12 bits per heavy atom. The summed E-state index contributed by atoms with van der Waals surface area (Å²) in [5, 5.41) is 0.588. The summed E-state index contributed by atoms with van der Waals surface area (Å²) in [6.45, 7) is 1.35. The molecular weight excluding hydrogens is 219 g/mol. The van der Waals surface area contributed by atoms with Crippen LogP contribution in [-0.4, -0.2) is 4.98 Å². The maximum atomic E-state index is 12.6. The van der Waals surface area contributed by atoms with E-state index < -0.39 is 17.3 Å². The second kappa shape index (κ2) is 3.37. The number of aromatic amines is 1. The Balaban J connectivity index is 2.83. The van der Waals surface area contributed by atoms with Gasteiger partial charge in [-0.3, -0.25) is 4.79 Å². The summed E-state index contributed by atoms with van der Waals surface area (Å²) < 4.78 is 37.8. The number of H-pyrrole nitrogens is 1. The van der Waals surface area contributed by atoms with Gasteiger partial charge in [0.05, 0.1) is 11.1 Å². The minimum atomic E-state index is -4.40. The molecule has 0 spiro atoms. The SMILES string of the molecule is Cc1c(C(F)(F)F)ccc2ccc(=O)[nH]c12. The molecule has 0 amide bonds. The van der Waals surface area contributed by atoms with Crippen molar-refractivity contribution in [2.75, 3.05) is 0 Å². The number of aromatic nitrogens is 1. The standard InChI is InChI=1S/C11H8F3NO/c1-6-8(11(12,13)14)4-2-7-3-5-9(16)15-10(6)7/h2-5H,1H3,(H,15,16). The van der Waals surface area contributed by atoms with E-state index in [2.05, 4.69) is 4.98 Å². The molecule has 0 saturated heterocycles. The topological polar surface area (TPSA) is 32.9 Å². The van der Waals surface area contributed by atoms with Crippen LogP contribution < -0.4 is 5.56 Å². The molecule has 0 atom stereocenters. The van der Waals surface area contributed by atoms with Gasteiger partial charge in [0.15, 0.2) is 0 Å². The Bertz CT molecular complexity index is 598. The van der Waals surface area contributed by atoms with Crippen LogP contribution in [0.3, 0.4) is 0 Å². The highest BCUT2D eigenvalue weighted by molar-refractivity contribution is 5.82. The van der Waals surface area contributed by atoms with E-state index in [0.717, 1.165) is 6.07 Å². The van der Waals surface area contributed by atoms with Crippen LogP contribution in [0.5, 0.6) is 0 Å². The van der Waals surface area contributed by atoms with Gasteiger partial charge in [-0.15, -0.1) is 0 Å². The van der Waals surface area contributed by atoms with Crippen LogP contribution >= 0.6 is 0 Å². The maximum absolute atomic E-state index is 12.6. The van der Waals surface area contributed by atoms with Gasteiger partial charge in [0, 0.05) is 6.07 Å². The van der Waals surface area contributed by atoms with Gasteiger partial charge in [0.1, 0.15) is 0 Å². The first-order chi connectivity index (χ1) is 7.39. The van der Waals surface area contributed by atoms with E-state index in [1.54, 1.807) is 0 Å². The van der Waals surface area contributed by atoms with Crippen LogP contribution in [-0.2, 0) is 6.18 Å². The first-order valence-electron chi connectivity index (χ1n) is 4.59. The minimum absolute atomic E-state index is 0.0442. The molecule has 1 aromatic heterocycles. The Morgan fingerprint density at radius 2 is 1.75 bits per heavy atom. The molecule has 2 rings (SSSR count). The molecule has 0 saturated carbocycles. The lowest BCUT2D eigenvalue weighted by Gasteiger charge is -2.11. The molecular formula is C11H8F3NO. The second-order valence-electron chi connectivity index (χ2n) is 3.52. The smallest absolute Gasteiger partial charge is 0.322 e. The molecule has 1 aromatic carbocycles. The number of benzene rings is 1. The number of hydrogen-bond acceptors (Lipinski definition) is 1. The number of halogens is 3. The maximum Gasteiger partial charge on any atom is 0.416 e. The number of alkyl halides is 3. The fraction of sp³-hybridized carbons (Fsp3) is 0.182. The number of nitrogens with one attached hydrogen (secondary N) is 1. The molecule has 0 bridgehead atoms. The average Bonchev–Trinajstić information content (AvgIpc) is 2.17. The molecule has 2 aromatic rings. The lowest BCUT2D eigenvalue weighted by Crippen LogP contribution is -2.10. The third-order valence-corrected chi connectivity index (χ3v) is 2.47. The van der Waals surface area contributed by atoms with Gasteiger partial charge in [0.2, 0.25) is 5.56 Å². The monoisotopic (exact) mass is 227 g/mol. The highest BCUT2D eigenvalue weighted by Gasteiger charge is 2.32. The van der Waals surface area contributed by atoms with Crippen molar-refractivity contribution in [1.29, 1.82) is 0 Å². The molecule has 0 aliphatic rings. The van der Waals surface area contributed by atoms with Gasteiger partial charge < -0.3 is 4.98 Å². The van der Waals surface area contributed by atoms with E-state index in [9.17, 15) is 18.0 Å². The molecule has 5 heteroatoms. The van der Waals surface area contributed by atoms with Gasteiger partial charge in [0.25, 0.3) is 0 Å². The Labute approximate surface area is 88.7 Å². The van der Waals surface area contributed by atoms with E-state index in [4.69, 9.17) is 0 Å². The summed E-state index contributed by atoms with van der Waals surface area (Å²) in [5.41, 5.74) is -0.846. The van der Waals surface area contributed by atoms with Crippen LogP contribution in [0.2, 0.25) is 0 Å². The predicted molar refractivity (Wildman–Crippen MR) is 54.3 cm³/mol. The van der Waals surface area contributed by atoms with E-state index in [-0.39, 0.29) is 11.1 Å². The van der Waals surface area contributed by atoms with Crippen molar-refractivity contribution in [2.45, 2.75) is 13.1 Å². The molecule has 1 N–H and O–H groups in total. The van der Waals surface area contributed by atoms with Crippen LogP contribution in [0.15, 0.2) is 29.1 Å². The molecule has 2 nitrogen and oxygen atoms in total. The Morgan fingerprint density at radius 3 is 2.38 bits per heavy atom. The van der Waals surface area contributed by atoms with Gasteiger partial charge in [-0.1, -0.05) is 6.07 Å². The molecule has 0 unspecified atom stereocenters. The number of rotatable bonds is 0. The zero-order valence-corrected chi connectivity index (χ0v) is 8.35. The van der Waals surface area contributed by atoms with Crippen LogP contribution in [0, 0.1) is 6.92 Å². The predicted octanol–water partition coefficient (Wildman–Crippen LogP) is 2.86. The lowest BCUT2D eigenvalue weighted by molar-refractivity contribution is -0.137. The average molecular weight is 227 g/mol. The molecule has 16 heavy (non-hydrogen) atoms. The summed E-state index contributed by atoms with van der Waals surface area (Å²) in [7, 11) is 0. The largest absolute Gasteiger partial charge is 0.416 e. The summed E-state index contributed by atoms with van der Waals surface area (Å²) >= 11 is 0. The third-order valence-electron chi connectivity index (χ3n) is 2.47. The summed E-state index contributed by atoms with van der Waals surface area (Å²) in [6, 6.07) is 5.16. The van der Waals surface area contributed by atoms with Crippen molar-refractivity contribution in [1.82, 2.24) is 4.98 Å². The zero-order valence-electron chi connectivity index (χ0n) is 8.35. The number of hydrogen-bond donors (Lipinski definition) is 1. The van der Waals surface area contributed by atoms with E-state index in [1.807, 2.05) is 0 Å². The van der Waals surface area contributed by atoms with Crippen molar-refractivity contribution >= 4 is 10.9 Å². The number of aryl methyl sites for hydroxylation is 1. The Hall–Kier alpha value is -1.78. The first kappa shape index (κ1) is 10.7.